The van der Waals surface area contributed by atoms with Gasteiger partial charge in [0.25, 0.3) is 0 Å². The molecule has 0 bridgehead atoms. The van der Waals surface area contributed by atoms with Crippen LogP contribution in [0.1, 0.15) is 5.56 Å². The number of thiol groups is 1. The van der Waals surface area contributed by atoms with Gasteiger partial charge in [-0.1, -0.05) is 28.1 Å². The van der Waals surface area contributed by atoms with Crippen LogP contribution in [0.4, 0.5) is 0 Å². The van der Waals surface area contributed by atoms with Gasteiger partial charge in [-0.3, -0.25) is 0 Å². The Kier molecular flexibility index (Phi) is 2.84. The predicted molar refractivity (Wildman–Crippen MR) is 66.1 cm³/mol. The number of aromatic nitrogens is 3. The van der Waals surface area contributed by atoms with E-state index in [1.165, 1.54) is 5.56 Å². The van der Waals surface area contributed by atoms with Crippen LogP contribution >= 0.6 is 28.6 Å². The van der Waals surface area contributed by atoms with Gasteiger partial charge in [0.05, 0.1) is 0 Å². The molecule has 0 atom stereocenters. The Morgan fingerprint density at radius 2 is 2.07 bits per heavy atom. The van der Waals surface area contributed by atoms with Gasteiger partial charge in [-0.15, -0.1) is 22.8 Å². The minimum absolute atomic E-state index is 0.613. The molecule has 0 aliphatic rings. The van der Waals surface area contributed by atoms with E-state index in [2.05, 4.69) is 45.7 Å². The van der Waals surface area contributed by atoms with E-state index in [0.29, 0.717) is 5.16 Å². The molecule has 0 fully saturated rings. The van der Waals surface area contributed by atoms with Crippen LogP contribution in [0.2, 0.25) is 0 Å². The SMILES string of the molecule is Cc1ccc(-c2nnc(S)n2C)cc1Br. The second kappa shape index (κ2) is 3.98. The summed E-state index contributed by atoms with van der Waals surface area (Å²) in [7, 11) is 1.89. The first-order chi connectivity index (χ1) is 7.09. The molecule has 0 saturated carbocycles. The molecule has 1 aromatic heterocycles. The average molecular weight is 284 g/mol. The van der Waals surface area contributed by atoms with E-state index in [1.807, 2.05) is 29.8 Å². The fraction of sp³-hybridized carbons (Fsp3) is 0.200. The fourth-order valence-corrected chi connectivity index (χ4v) is 1.82. The van der Waals surface area contributed by atoms with Crippen LogP contribution in [-0.4, -0.2) is 14.8 Å². The Hall–Kier alpha value is -0.810. The molecular formula is C10H10BrN3S. The highest BCUT2D eigenvalue weighted by atomic mass is 79.9. The van der Waals surface area contributed by atoms with Crippen LogP contribution < -0.4 is 0 Å². The van der Waals surface area contributed by atoms with E-state index in [9.17, 15) is 0 Å². The summed E-state index contributed by atoms with van der Waals surface area (Å²) in [5, 5.41) is 8.59. The Labute approximate surface area is 102 Å². The number of benzene rings is 1. The highest BCUT2D eigenvalue weighted by Crippen LogP contribution is 2.24. The standard InChI is InChI=1S/C10H10BrN3S/c1-6-3-4-7(5-8(6)11)9-12-13-10(15)14(9)2/h3-5H,1-2H3,(H,13,15). The molecule has 0 saturated heterocycles. The van der Waals surface area contributed by atoms with Gasteiger partial charge >= 0.3 is 0 Å². The van der Waals surface area contributed by atoms with Gasteiger partial charge in [-0.2, -0.15) is 0 Å². The number of hydrogen-bond donors (Lipinski definition) is 1. The number of nitrogens with zero attached hydrogens (tertiary/aromatic N) is 3. The zero-order valence-corrected chi connectivity index (χ0v) is 10.9. The second-order valence-corrected chi connectivity index (χ2v) is 4.60. The van der Waals surface area contributed by atoms with E-state index in [1.54, 1.807) is 0 Å². The maximum atomic E-state index is 4.19. The smallest absolute Gasteiger partial charge is 0.188 e. The van der Waals surface area contributed by atoms with Crippen molar-refractivity contribution in [3.63, 3.8) is 0 Å². The zero-order chi connectivity index (χ0) is 11.0. The van der Waals surface area contributed by atoms with E-state index in [-0.39, 0.29) is 0 Å². The van der Waals surface area contributed by atoms with E-state index in [4.69, 9.17) is 0 Å². The van der Waals surface area contributed by atoms with Crippen LogP contribution in [0, 0.1) is 6.92 Å². The first kappa shape index (κ1) is 10.7. The molecule has 0 spiro atoms. The lowest BCUT2D eigenvalue weighted by molar-refractivity contribution is 0.798. The van der Waals surface area contributed by atoms with E-state index >= 15 is 0 Å². The molecule has 5 heteroatoms. The van der Waals surface area contributed by atoms with Crippen molar-refractivity contribution in [1.82, 2.24) is 14.8 Å². The summed E-state index contributed by atoms with van der Waals surface area (Å²) in [6.45, 7) is 2.05. The van der Waals surface area contributed by atoms with Crippen molar-refractivity contribution in [3.8, 4) is 11.4 Å². The molecule has 0 aliphatic heterocycles. The van der Waals surface area contributed by atoms with Crippen molar-refractivity contribution < 1.29 is 0 Å². The summed E-state index contributed by atoms with van der Waals surface area (Å²) in [4.78, 5) is 0. The van der Waals surface area contributed by atoms with Crippen molar-refractivity contribution >= 4 is 28.6 Å². The quantitative estimate of drug-likeness (QED) is 0.816. The van der Waals surface area contributed by atoms with Crippen LogP contribution in [0.25, 0.3) is 11.4 Å². The van der Waals surface area contributed by atoms with Crippen molar-refractivity contribution in [3.05, 3.63) is 28.2 Å². The molecule has 0 amide bonds. The highest BCUT2D eigenvalue weighted by molar-refractivity contribution is 9.10. The largest absolute Gasteiger partial charge is 0.305 e. The summed E-state index contributed by atoms with van der Waals surface area (Å²) in [6, 6.07) is 6.11. The third kappa shape index (κ3) is 1.94. The summed E-state index contributed by atoms with van der Waals surface area (Å²) in [5.41, 5.74) is 2.23. The van der Waals surface area contributed by atoms with Crippen molar-refractivity contribution in [2.75, 3.05) is 0 Å². The van der Waals surface area contributed by atoms with Crippen molar-refractivity contribution in [1.29, 1.82) is 0 Å². The normalized spacial score (nSPS) is 10.7. The van der Waals surface area contributed by atoms with Crippen molar-refractivity contribution in [2.24, 2.45) is 7.05 Å². The number of rotatable bonds is 1. The highest BCUT2D eigenvalue weighted by Gasteiger charge is 2.08. The summed E-state index contributed by atoms with van der Waals surface area (Å²) < 4.78 is 2.92. The Balaban J connectivity index is 2.55. The molecule has 2 aromatic rings. The molecule has 1 heterocycles. The molecule has 0 aliphatic carbocycles. The van der Waals surface area contributed by atoms with Gasteiger partial charge in [-0.25, -0.2) is 0 Å². The lowest BCUT2D eigenvalue weighted by atomic mass is 10.1. The fourth-order valence-electron chi connectivity index (χ4n) is 1.30. The molecule has 15 heavy (non-hydrogen) atoms. The lowest BCUT2D eigenvalue weighted by Crippen LogP contribution is -1.93. The predicted octanol–water partition coefficient (Wildman–Crippen LogP) is 2.84. The van der Waals surface area contributed by atoms with E-state index < -0.39 is 0 Å². The molecule has 3 nitrogen and oxygen atoms in total. The molecule has 0 N–H and O–H groups in total. The molecule has 0 radical (unpaired) electrons. The maximum absolute atomic E-state index is 4.19. The molecule has 2 rings (SSSR count). The summed E-state index contributed by atoms with van der Waals surface area (Å²) in [5.74, 6) is 0.820. The number of aryl methyl sites for hydroxylation is 1. The maximum Gasteiger partial charge on any atom is 0.188 e. The van der Waals surface area contributed by atoms with Gasteiger partial charge < -0.3 is 4.57 Å². The molecule has 78 valence electrons. The third-order valence-corrected chi connectivity index (χ3v) is 3.53. The first-order valence-electron chi connectivity index (χ1n) is 4.44. The molecule has 0 unspecified atom stereocenters. The lowest BCUT2D eigenvalue weighted by Gasteiger charge is -2.03. The average Bonchev–Trinajstić information content (AvgIpc) is 2.53. The van der Waals surface area contributed by atoms with Crippen LogP contribution in [0.15, 0.2) is 27.8 Å². The Morgan fingerprint density at radius 1 is 1.33 bits per heavy atom. The minimum atomic E-state index is 0.613. The van der Waals surface area contributed by atoms with E-state index in [0.717, 1.165) is 15.9 Å². The Morgan fingerprint density at radius 3 is 2.60 bits per heavy atom. The first-order valence-corrected chi connectivity index (χ1v) is 5.68. The van der Waals surface area contributed by atoms with Gasteiger partial charge in [0, 0.05) is 17.1 Å². The zero-order valence-electron chi connectivity index (χ0n) is 8.40. The Bertz CT molecular complexity index is 507. The third-order valence-electron chi connectivity index (χ3n) is 2.28. The van der Waals surface area contributed by atoms with Gasteiger partial charge in [-0.05, 0) is 18.6 Å². The monoisotopic (exact) mass is 283 g/mol. The van der Waals surface area contributed by atoms with Crippen LogP contribution in [0.5, 0.6) is 0 Å². The molecule has 1 aromatic carbocycles. The topological polar surface area (TPSA) is 30.7 Å². The minimum Gasteiger partial charge on any atom is -0.305 e. The van der Waals surface area contributed by atoms with Gasteiger partial charge in [0.2, 0.25) is 0 Å². The van der Waals surface area contributed by atoms with Crippen LogP contribution in [0.3, 0.4) is 0 Å². The number of hydrogen-bond acceptors (Lipinski definition) is 3. The van der Waals surface area contributed by atoms with Crippen molar-refractivity contribution in [2.45, 2.75) is 12.1 Å². The second-order valence-electron chi connectivity index (χ2n) is 3.35. The van der Waals surface area contributed by atoms with Gasteiger partial charge in [0.15, 0.2) is 11.0 Å². The summed E-state index contributed by atoms with van der Waals surface area (Å²) in [6.07, 6.45) is 0. The number of halogens is 1. The summed E-state index contributed by atoms with van der Waals surface area (Å²) >= 11 is 7.69. The van der Waals surface area contributed by atoms with Gasteiger partial charge in [0.1, 0.15) is 0 Å². The molecular weight excluding hydrogens is 274 g/mol. The van der Waals surface area contributed by atoms with Crippen LogP contribution in [-0.2, 0) is 7.05 Å².